The van der Waals surface area contributed by atoms with E-state index in [9.17, 15) is 4.79 Å². The van der Waals surface area contributed by atoms with E-state index >= 15 is 0 Å². The van der Waals surface area contributed by atoms with E-state index in [1.54, 1.807) is 0 Å². The fourth-order valence-electron chi connectivity index (χ4n) is 2.22. The first-order valence-electron chi connectivity index (χ1n) is 7.24. The van der Waals surface area contributed by atoms with E-state index in [2.05, 4.69) is 4.90 Å². The number of ether oxygens (including phenoxy) is 2. The quantitative estimate of drug-likeness (QED) is 0.466. The minimum absolute atomic E-state index is 0.405. The van der Waals surface area contributed by atoms with Crippen molar-refractivity contribution in [3.8, 4) is 0 Å². The maximum absolute atomic E-state index is 11.5. The number of primary amides is 1. The Morgan fingerprint density at radius 1 is 1.29 bits per heavy atom. The fourth-order valence-corrected chi connectivity index (χ4v) is 2.22. The maximum atomic E-state index is 11.5. The van der Waals surface area contributed by atoms with Crippen LogP contribution in [0, 0.1) is 0 Å². The van der Waals surface area contributed by atoms with E-state index in [1.807, 2.05) is 30.3 Å². The third-order valence-corrected chi connectivity index (χ3v) is 3.39. The van der Waals surface area contributed by atoms with E-state index in [1.165, 1.54) is 6.26 Å². The molecule has 0 atom stereocenters. The second-order valence-electron chi connectivity index (χ2n) is 4.94. The number of nitrogens with zero attached hydrogens (tertiary/aromatic N) is 1. The standard InChI is InChI=1S/C16H22N2O3/c17-16(19)15(14-5-2-1-3-6-14)13-21-10-4-7-18-8-11-20-12-9-18/h1-3,5-6,13H,4,7-12H2,(H2,17,19). The van der Waals surface area contributed by atoms with Gasteiger partial charge in [-0.15, -0.1) is 0 Å². The van der Waals surface area contributed by atoms with Crippen LogP contribution in [-0.2, 0) is 14.3 Å². The summed E-state index contributed by atoms with van der Waals surface area (Å²) in [6.45, 7) is 5.12. The Kier molecular flexibility index (Phi) is 6.24. The van der Waals surface area contributed by atoms with Crippen LogP contribution in [0.3, 0.4) is 0 Å². The van der Waals surface area contributed by atoms with Gasteiger partial charge in [0.2, 0.25) is 0 Å². The number of hydrogen-bond acceptors (Lipinski definition) is 4. The second kappa shape index (κ2) is 8.44. The molecule has 0 aromatic heterocycles. The highest BCUT2D eigenvalue weighted by Gasteiger charge is 2.10. The Hall–Kier alpha value is -1.85. The summed E-state index contributed by atoms with van der Waals surface area (Å²) in [4.78, 5) is 13.8. The molecule has 1 aliphatic heterocycles. The number of morpholine rings is 1. The Bertz CT molecular complexity index is 468. The lowest BCUT2D eigenvalue weighted by atomic mass is 10.1. The van der Waals surface area contributed by atoms with E-state index in [0.29, 0.717) is 12.2 Å². The number of carbonyl (C=O) groups is 1. The van der Waals surface area contributed by atoms with Crippen LogP contribution in [0.25, 0.3) is 5.57 Å². The normalized spacial score (nSPS) is 16.7. The zero-order valence-corrected chi connectivity index (χ0v) is 12.2. The molecule has 21 heavy (non-hydrogen) atoms. The summed E-state index contributed by atoms with van der Waals surface area (Å²) in [5.74, 6) is -0.477. The van der Waals surface area contributed by atoms with Gasteiger partial charge in [-0.3, -0.25) is 9.69 Å². The number of benzene rings is 1. The zero-order valence-electron chi connectivity index (χ0n) is 12.2. The summed E-state index contributed by atoms with van der Waals surface area (Å²) in [6.07, 6.45) is 2.38. The average Bonchev–Trinajstić information content (AvgIpc) is 2.52. The van der Waals surface area contributed by atoms with E-state index in [0.717, 1.165) is 44.8 Å². The molecule has 1 heterocycles. The molecule has 1 fully saturated rings. The van der Waals surface area contributed by atoms with E-state index in [-0.39, 0.29) is 0 Å². The highest BCUT2D eigenvalue weighted by molar-refractivity contribution is 6.18. The molecule has 0 radical (unpaired) electrons. The molecule has 1 aromatic carbocycles. The topological polar surface area (TPSA) is 64.8 Å². The van der Waals surface area contributed by atoms with Crippen LogP contribution in [0.15, 0.2) is 36.6 Å². The molecule has 2 N–H and O–H groups in total. The monoisotopic (exact) mass is 290 g/mol. The van der Waals surface area contributed by atoms with Crippen LogP contribution in [0.2, 0.25) is 0 Å². The second-order valence-corrected chi connectivity index (χ2v) is 4.94. The van der Waals surface area contributed by atoms with Crippen molar-refractivity contribution in [3.05, 3.63) is 42.2 Å². The molecule has 0 saturated carbocycles. The summed E-state index contributed by atoms with van der Waals surface area (Å²) in [7, 11) is 0. The van der Waals surface area contributed by atoms with Gasteiger partial charge in [0.25, 0.3) is 5.91 Å². The minimum atomic E-state index is -0.477. The Morgan fingerprint density at radius 2 is 2.00 bits per heavy atom. The molecule has 1 amide bonds. The van der Waals surface area contributed by atoms with Gasteiger partial charge in [0.1, 0.15) is 0 Å². The van der Waals surface area contributed by atoms with Crippen LogP contribution >= 0.6 is 0 Å². The van der Waals surface area contributed by atoms with Crippen LogP contribution in [0.4, 0.5) is 0 Å². The summed E-state index contributed by atoms with van der Waals surface area (Å²) < 4.78 is 10.8. The molecule has 5 heteroatoms. The number of carbonyl (C=O) groups excluding carboxylic acids is 1. The van der Waals surface area contributed by atoms with Crippen LogP contribution in [-0.4, -0.2) is 50.3 Å². The Balaban J connectivity index is 1.77. The summed E-state index contributed by atoms with van der Waals surface area (Å²) >= 11 is 0. The van der Waals surface area contributed by atoms with Crippen molar-refractivity contribution in [2.24, 2.45) is 5.73 Å². The van der Waals surface area contributed by atoms with Crippen molar-refractivity contribution < 1.29 is 14.3 Å². The minimum Gasteiger partial charge on any atom is -0.500 e. The van der Waals surface area contributed by atoms with Crippen molar-refractivity contribution in [1.82, 2.24) is 4.90 Å². The van der Waals surface area contributed by atoms with Crippen LogP contribution < -0.4 is 5.73 Å². The van der Waals surface area contributed by atoms with Gasteiger partial charge in [-0.1, -0.05) is 30.3 Å². The molecular formula is C16H22N2O3. The average molecular weight is 290 g/mol. The number of nitrogens with two attached hydrogens (primary N) is 1. The molecular weight excluding hydrogens is 268 g/mol. The fraction of sp³-hybridized carbons (Fsp3) is 0.438. The third-order valence-electron chi connectivity index (χ3n) is 3.39. The first kappa shape index (κ1) is 15.5. The SMILES string of the molecule is NC(=O)C(=COCCCN1CCOCC1)c1ccccc1. The smallest absolute Gasteiger partial charge is 0.252 e. The lowest BCUT2D eigenvalue weighted by Gasteiger charge is -2.26. The largest absolute Gasteiger partial charge is 0.500 e. The van der Waals surface area contributed by atoms with Crippen molar-refractivity contribution in [3.63, 3.8) is 0 Å². The van der Waals surface area contributed by atoms with Crippen molar-refractivity contribution in [2.45, 2.75) is 6.42 Å². The van der Waals surface area contributed by atoms with Gasteiger partial charge in [0, 0.05) is 19.6 Å². The van der Waals surface area contributed by atoms with E-state index < -0.39 is 5.91 Å². The van der Waals surface area contributed by atoms with Gasteiger partial charge in [-0.25, -0.2) is 0 Å². The Labute approximate surface area is 125 Å². The molecule has 1 saturated heterocycles. The van der Waals surface area contributed by atoms with Gasteiger partial charge in [-0.2, -0.15) is 0 Å². The molecule has 0 bridgehead atoms. The highest BCUT2D eigenvalue weighted by Crippen LogP contribution is 2.13. The molecule has 0 spiro atoms. The first-order chi connectivity index (χ1) is 10.3. The molecule has 5 nitrogen and oxygen atoms in total. The van der Waals surface area contributed by atoms with Gasteiger partial charge in [0.15, 0.2) is 0 Å². The van der Waals surface area contributed by atoms with Crippen LogP contribution in [0.1, 0.15) is 12.0 Å². The lowest BCUT2D eigenvalue weighted by Crippen LogP contribution is -2.37. The van der Waals surface area contributed by atoms with Crippen molar-refractivity contribution in [2.75, 3.05) is 39.5 Å². The van der Waals surface area contributed by atoms with Crippen LogP contribution in [0.5, 0.6) is 0 Å². The molecule has 1 aromatic rings. The predicted molar refractivity (Wildman–Crippen MR) is 81.4 cm³/mol. The van der Waals surface area contributed by atoms with Gasteiger partial charge < -0.3 is 15.2 Å². The highest BCUT2D eigenvalue weighted by atomic mass is 16.5. The van der Waals surface area contributed by atoms with Crippen molar-refractivity contribution in [1.29, 1.82) is 0 Å². The van der Waals surface area contributed by atoms with Gasteiger partial charge in [-0.05, 0) is 12.0 Å². The Morgan fingerprint density at radius 3 is 2.67 bits per heavy atom. The van der Waals surface area contributed by atoms with Crippen molar-refractivity contribution >= 4 is 11.5 Å². The molecule has 0 unspecified atom stereocenters. The predicted octanol–water partition coefficient (Wildman–Crippen LogP) is 1.25. The molecule has 2 rings (SSSR count). The zero-order chi connectivity index (χ0) is 14.9. The maximum Gasteiger partial charge on any atom is 0.252 e. The number of rotatable bonds is 7. The van der Waals surface area contributed by atoms with E-state index in [4.69, 9.17) is 15.2 Å². The molecule has 114 valence electrons. The summed E-state index contributed by atoms with van der Waals surface area (Å²) in [6, 6.07) is 9.31. The third kappa shape index (κ3) is 5.21. The first-order valence-corrected chi connectivity index (χ1v) is 7.24. The summed E-state index contributed by atoms with van der Waals surface area (Å²) in [5.41, 5.74) is 6.57. The molecule has 1 aliphatic rings. The molecule has 0 aliphatic carbocycles. The lowest BCUT2D eigenvalue weighted by molar-refractivity contribution is -0.112. The van der Waals surface area contributed by atoms with Gasteiger partial charge >= 0.3 is 0 Å². The summed E-state index contributed by atoms with van der Waals surface area (Å²) in [5, 5.41) is 0. The number of hydrogen-bond donors (Lipinski definition) is 1. The number of amides is 1. The van der Waals surface area contributed by atoms with Gasteiger partial charge in [0.05, 0.1) is 31.7 Å².